The van der Waals surface area contributed by atoms with Crippen molar-refractivity contribution in [1.82, 2.24) is 0 Å². The summed E-state index contributed by atoms with van der Waals surface area (Å²) in [7, 11) is 0. The third-order valence-electron chi connectivity index (χ3n) is 0.881. The minimum atomic E-state index is 1.25. The molecule has 0 fully saturated rings. The van der Waals surface area contributed by atoms with Gasteiger partial charge in [0.05, 0.1) is 0 Å². The summed E-state index contributed by atoms with van der Waals surface area (Å²) in [5.74, 6) is 0. The molecule has 0 aromatic heterocycles. The van der Waals surface area contributed by atoms with Crippen LogP contribution in [0, 0.1) is 0 Å². The van der Waals surface area contributed by atoms with Crippen molar-refractivity contribution in [2.45, 2.75) is 48.0 Å². The highest BCUT2D eigenvalue weighted by Crippen LogP contribution is 1.87. The molecule has 2 heteroatoms. The molecular weight excluding hydrogens is 238 g/mol. The Morgan fingerprint density at radius 1 is 0.833 bits per heavy atom. The van der Waals surface area contributed by atoms with E-state index in [2.05, 4.69) is 13.8 Å². The monoisotopic (exact) mass is 271 g/mol. The fourth-order valence-electron chi connectivity index (χ4n) is 0.463. The van der Waals surface area contributed by atoms with Crippen LogP contribution in [0.5, 0.6) is 0 Å². The van der Waals surface area contributed by atoms with Gasteiger partial charge in [-0.15, -0.1) is 11.8 Å². The van der Waals surface area contributed by atoms with Crippen LogP contribution in [0.15, 0.2) is 48.0 Å². The third kappa shape index (κ3) is 59.5. The highest BCUT2D eigenvalue weighted by atomic mass is 32.2. The first-order chi connectivity index (χ1) is 8.83. The fraction of sp³-hybridized carbons (Fsp3) is 0.500. The zero-order chi connectivity index (χ0) is 15.1. The van der Waals surface area contributed by atoms with Gasteiger partial charge >= 0.3 is 0 Å². The van der Waals surface area contributed by atoms with Crippen LogP contribution >= 0.6 is 11.8 Å². The summed E-state index contributed by atoms with van der Waals surface area (Å²) < 4.78 is 0. The van der Waals surface area contributed by atoms with Crippen molar-refractivity contribution in [2.24, 2.45) is 5.73 Å². The van der Waals surface area contributed by atoms with E-state index in [-0.39, 0.29) is 0 Å². The quantitative estimate of drug-likeness (QED) is 0.684. The average Bonchev–Trinajstić information content (AvgIpc) is 2.47. The number of hydrogen-bond donors (Lipinski definition) is 1. The lowest BCUT2D eigenvalue weighted by atomic mass is 10.4. The maximum Gasteiger partial charge on any atom is 0.000171 e. The van der Waals surface area contributed by atoms with E-state index >= 15 is 0 Å². The molecule has 1 aromatic rings. The number of benzene rings is 1. The molecule has 2 N–H and O–H groups in total. The van der Waals surface area contributed by atoms with Gasteiger partial charge in [0.1, 0.15) is 0 Å². The Morgan fingerprint density at radius 3 is 1.11 bits per heavy atom. The van der Waals surface area contributed by atoms with E-state index < -0.39 is 0 Å². The molecular formula is C16H33NS. The first-order valence-electron chi connectivity index (χ1n) is 6.72. The number of thioether (sulfide) groups is 1. The summed E-state index contributed by atoms with van der Waals surface area (Å²) in [5.41, 5.74) is 4.94. The van der Waals surface area contributed by atoms with Gasteiger partial charge in [-0.25, -0.2) is 0 Å². The molecule has 0 saturated heterocycles. The molecule has 0 amide bonds. The van der Waals surface area contributed by atoms with Crippen LogP contribution in [-0.4, -0.2) is 6.26 Å². The maximum atomic E-state index is 4.94. The molecule has 1 aromatic carbocycles. The average molecular weight is 272 g/mol. The molecule has 0 aliphatic carbocycles. The molecule has 0 heterocycles. The molecule has 0 unspecified atom stereocenters. The zero-order valence-corrected chi connectivity index (χ0v) is 14.1. The minimum Gasteiger partial charge on any atom is -0.404 e. The lowest BCUT2D eigenvalue weighted by Crippen LogP contribution is -1.70. The van der Waals surface area contributed by atoms with E-state index in [0.717, 1.165) is 0 Å². The summed E-state index contributed by atoms with van der Waals surface area (Å²) in [6.45, 7) is 12.2. The molecule has 0 saturated carbocycles. The third-order valence-corrected chi connectivity index (χ3v) is 1.31. The van der Waals surface area contributed by atoms with Gasteiger partial charge in [-0.3, -0.25) is 0 Å². The van der Waals surface area contributed by atoms with Crippen LogP contribution in [0.4, 0.5) is 0 Å². The van der Waals surface area contributed by atoms with Crippen LogP contribution in [0.1, 0.15) is 48.0 Å². The molecule has 0 bridgehead atoms. The van der Waals surface area contributed by atoms with Crippen molar-refractivity contribution in [1.29, 1.82) is 0 Å². The molecule has 0 radical (unpaired) electrons. The van der Waals surface area contributed by atoms with Gasteiger partial charge in [-0.1, -0.05) is 84.4 Å². The smallest absolute Gasteiger partial charge is 0.000171 e. The minimum absolute atomic E-state index is 1.25. The predicted octanol–water partition coefficient (Wildman–Crippen LogP) is 5.93. The van der Waals surface area contributed by atoms with E-state index in [0.29, 0.717) is 0 Å². The van der Waals surface area contributed by atoms with Crippen LogP contribution in [-0.2, 0) is 0 Å². The molecule has 0 atom stereocenters. The van der Waals surface area contributed by atoms with E-state index in [1.54, 1.807) is 11.8 Å². The zero-order valence-electron chi connectivity index (χ0n) is 13.3. The number of nitrogens with two attached hydrogens (primary N) is 1. The van der Waals surface area contributed by atoms with Crippen molar-refractivity contribution in [2.75, 3.05) is 6.26 Å². The SMILES string of the molecule is CC.CC.CCC.CS/C=C\N.c1ccccc1. The van der Waals surface area contributed by atoms with E-state index in [4.69, 9.17) is 5.73 Å². The van der Waals surface area contributed by atoms with Crippen molar-refractivity contribution in [3.05, 3.63) is 48.0 Å². The molecule has 108 valence electrons. The molecule has 1 rings (SSSR count). The maximum absolute atomic E-state index is 4.94. The lowest BCUT2D eigenvalue weighted by Gasteiger charge is -1.69. The summed E-state index contributed by atoms with van der Waals surface area (Å²) in [6, 6.07) is 12.0. The van der Waals surface area contributed by atoms with E-state index in [1.165, 1.54) is 12.6 Å². The van der Waals surface area contributed by atoms with E-state index in [1.807, 2.05) is 75.8 Å². The van der Waals surface area contributed by atoms with Gasteiger partial charge in [-0.05, 0) is 11.7 Å². The first-order valence-corrected chi connectivity index (χ1v) is 8.01. The van der Waals surface area contributed by atoms with Crippen molar-refractivity contribution < 1.29 is 0 Å². The summed E-state index contributed by atoms with van der Waals surface area (Å²) in [6.07, 6.45) is 4.73. The molecule has 0 aliphatic heterocycles. The summed E-state index contributed by atoms with van der Waals surface area (Å²) >= 11 is 1.60. The van der Waals surface area contributed by atoms with Crippen molar-refractivity contribution in [3.8, 4) is 0 Å². The van der Waals surface area contributed by atoms with Gasteiger partial charge in [-0.2, -0.15) is 0 Å². The van der Waals surface area contributed by atoms with Gasteiger partial charge in [0.25, 0.3) is 0 Å². The van der Waals surface area contributed by atoms with E-state index in [9.17, 15) is 0 Å². The van der Waals surface area contributed by atoms with Gasteiger partial charge in [0.2, 0.25) is 0 Å². The van der Waals surface area contributed by atoms with Crippen LogP contribution in [0.3, 0.4) is 0 Å². The Hall–Kier alpha value is -0.890. The largest absolute Gasteiger partial charge is 0.404 e. The molecule has 1 nitrogen and oxygen atoms in total. The van der Waals surface area contributed by atoms with Gasteiger partial charge in [0.15, 0.2) is 0 Å². The molecule has 0 aliphatic rings. The normalized spacial score (nSPS) is 7.06. The Labute approximate surface area is 120 Å². The van der Waals surface area contributed by atoms with Gasteiger partial charge in [0, 0.05) is 6.20 Å². The second-order valence-corrected chi connectivity index (χ2v) is 3.17. The van der Waals surface area contributed by atoms with Crippen LogP contribution < -0.4 is 5.73 Å². The Balaban J connectivity index is -0.0000000746. The predicted molar refractivity (Wildman–Crippen MR) is 91.9 cm³/mol. The second-order valence-electron chi connectivity index (χ2n) is 2.43. The first kappa shape index (κ1) is 25.8. The number of rotatable bonds is 1. The standard InChI is InChI=1S/C6H6.C3H7NS.C3H8.2C2H6/c1-2-4-6-5-3-1;1-5-3-2-4;1-3-2;2*1-2/h1-6H;2-3H,4H2,1H3;3H2,1-2H3;2*1-2H3/b;3-2-;;;. The fourth-order valence-corrected chi connectivity index (χ4v) is 0.621. The lowest BCUT2D eigenvalue weighted by molar-refractivity contribution is 1.09. The van der Waals surface area contributed by atoms with Crippen LogP contribution in [0.2, 0.25) is 0 Å². The summed E-state index contributed by atoms with van der Waals surface area (Å²) in [5, 5.41) is 1.82. The second kappa shape index (κ2) is 44.3. The highest BCUT2D eigenvalue weighted by molar-refractivity contribution is 8.01. The van der Waals surface area contributed by atoms with Crippen molar-refractivity contribution in [3.63, 3.8) is 0 Å². The highest BCUT2D eigenvalue weighted by Gasteiger charge is 1.57. The molecule has 18 heavy (non-hydrogen) atoms. The van der Waals surface area contributed by atoms with Crippen molar-refractivity contribution >= 4 is 11.8 Å². The Morgan fingerprint density at radius 2 is 1.06 bits per heavy atom. The Bertz CT molecular complexity index is 159. The topological polar surface area (TPSA) is 26.0 Å². The van der Waals surface area contributed by atoms with Gasteiger partial charge < -0.3 is 5.73 Å². The number of hydrogen-bond acceptors (Lipinski definition) is 2. The van der Waals surface area contributed by atoms with Crippen LogP contribution in [0.25, 0.3) is 0 Å². The summed E-state index contributed by atoms with van der Waals surface area (Å²) in [4.78, 5) is 0. The Kier molecular flexibility index (Phi) is 63.6. The molecule has 0 spiro atoms.